The molecule has 1 atom stereocenters. The molecular formula is C14H21N. The third-order valence-electron chi connectivity index (χ3n) is 3.62. The van der Waals surface area contributed by atoms with E-state index in [1.54, 1.807) is 0 Å². The summed E-state index contributed by atoms with van der Waals surface area (Å²) in [6.45, 7) is 2.17. The lowest BCUT2D eigenvalue weighted by Gasteiger charge is -2.28. The summed E-state index contributed by atoms with van der Waals surface area (Å²) in [6.07, 6.45) is 6.68. The van der Waals surface area contributed by atoms with Crippen LogP contribution in [0.5, 0.6) is 0 Å². The van der Waals surface area contributed by atoms with Gasteiger partial charge < -0.3 is 5.73 Å². The van der Waals surface area contributed by atoms with Gasteiger partial charge in [0.1, 0.15) is 0 Å². The molecular weight excluding hydrogens is 182 g/mol. The fraction of sp³-hybridized carbons (Fsp3) is 0.571. The first-order valence-electron chi connectivity index (χ1n) is 6.03. The molecule has 1 aliphatic rings. The Kier molecular flexibility index (Phi) is 3.11. The van der Waals surface area contributed by atoms with Crippen LogP contribution in [0.25, 0.3) is 0 Å². The van der Waals surface area contributed by atoms with Crippen molar-refractivity contribution in [1.82, 2.24) is 0 Å². The number of nitrogens with two attached hydrogens (primary N) is 1. The van der Waals surface area contributed by atoms with Crippen LogP contribution in [0.2, 0.25) is 0 Å². The van der Waals surface area contributed by atoms with Crippen molar-refractivity contribution in [2.75, 3.05) is 0 Å². The molecule has 1 fully saturated rings. The Balaban J connectivity index is 2.05. The highest BCUT2D eigenvalue weighted by Gasteiger charge is 2.27. The maximum absolute atomic E-state index is 6.42. The maximum atomic E-state index is 6.42. The van der Waals surface area contributed by atoms with Gasteiger partial charge in [0, 0.05) is 5.54 Å². The van der Waals surface area contributed by atoms with Gasteiger partial charge in [-0.1, -0.05) is 56.0 Å². The summed E-state index contributed by atoms with van der Waals surface area (Å²) in [5.41, 5.74) is 7.55. The lowest BCUT2D eigenvalue weighted by molar-refractivity contribution is 0.349. The van der Waals surface area contributed by atoms with Gasteiger partial charge in [0.05, 0.1) is 0 Å². The first-order valence-corrected chi connectivity index (χ1v) is 6.03. The Morgan fingerprint density at radius 2 is 1.80 bits per heavy atom. The van der Waals surface area contributed by atoms with Crippen LogP contribution >= 0.6 is 0 Å². The molecule has 0 heterocycles. The van der Waals surface area contributed by atoms with Crippen LogP contribution in [-0.4, -0.2) is 0 Å². The van der Waals surface area contributed by atoms with Crippen LogP contribution in [0.15, 0.2) is 30.3 Å². The van der Waals surface area contributed by atoms with E-state index in [1.807, 2.05) is 0 Å². The molecule has 0 spiro atoms. The van der Waals surface area contributed by atoms with E-state index in [9.17, 15) is 0 Å². The van der Waals surface area contributed by atoms with E-state index >= 15 is 0 Å². The van der Waals surface area contributed by atoms with Crippen molar-refractivity contribution >= 4 is 0 Å². The minimum Gasteiger partial charge on any atom is -0.322 e. The fourth-order valence-corrected chi connectivity index (χ4v) is 2.75. The molecule has 1 heteroatoms. The normalized spacial score (nSPS) is 21.5. The molecule has 1 nitrogen and oxygen atoms in total. The lowest BCUT2D eigenvalue weighted by Crippen LogP contribution is -2.34. The van der Waals surface area contributed by atoms with E-state index in [0.717, 1.165) is 12.3 Å². The van der Waals surface area contributed by atoms with Crippen molar-refractivity contribution < 1.29 is 0 Å². The highest BCUT2D eigenvalue weighted by molar-refractivity contribution is 5.23. The Morgan fingerprint density at radius 3 is 2.40 bits per heavy atom. The second-order valence-electron chi connectivity index (χ2n) is 5.14. The molecule has 82 valence electrons. The van der Waals surface area contributed by atoms with E-state index in [2.05, 4.69) is 37.3 Å². The zero-order chi connectivity index (χ0) is 10.7. The van der Waals surface area contributed by atoms with Crippen LogP contribution in [0.1, 0.15) is 44.6 Å². The van der Waals surface area contributed by atoms with E-state index in [1.165, 1.54) is 31.2 Å². The Labute approximate surface area is 92.7 Å². The molecule has 1 unspecified atom stereocenters. The SMILES string of the molecule is CC(N)(CC1CCCC1)c1ccccc1. The summed E-state index contributed by atoms with van der Waals surface area (Å²) in [5, 5.41) is 0. The molecule has 1 aromatic carbocycles. The second-order valence-corrected chi connectivity index (χ2v) is 5.14. The maximum Gasteiger partial charge on any atom is 0.0383 e. The van der Waals surface area contributed by atoms with E-state index in [4.69, 9.17) is 5.73 Å². The quantitative estimate of drug-likeness (QED) is 0.800. The van der Waals surface area contributed by atoms with E-state index < -0.39 is 0 Å². The molecule has 1 saturated carbocycles. The Bertz CT molecular complexity index is 296. The minimum atomic E-state index is -0.143. The highest BCUT2D eigenvalue weighted by atomic mass is 14.7. The van der Waals surface area contributed by atoms with Gasteiger partial charge >= 0.3 is 0 Å². The van der Waals surface area contributed by atoms with Gasteiger partial charge in [-0.25, -0.2) is 0 Å². The van der Waals surface area contributed by atoms with Gasteiger partial charge in [-0.05, 0) is 24.8 Å². The summed E-state index contributed by atoms with van der Waals surface area (Å²) >= 11 is 0. The standard InChI is InChI=1S/C14H21N/c1-14(15,11-12-7-5-6-8-12)13-9-3-2-4-10-13/h2-4,9-10,12H,5-8,11,15H2,1H3. The largest absolute Gasteiger partial charge is 0.322 e. The zero-order valence-corrected chi connectivity index (χ0v) is 9.58. The number of hydrogen-bond acceptors (Lipinski definition) is 1. The molecule has 15 heavy (non-hydrogen) atoms. The molecule has 0 saturated heterocycles. The molecule has 1 aliphatic carbocycles. The van der Waals surface area contributed by atoms with Crippen LogP contribution in [-0.2, 0) is 5.54 Å². The van der Waals surface area contributed by atoms with Crippen LogP contribution in [0.4, 0.5) is 0 Å². The molecule has 0 aliphatic heterocycles. The molecule has 2 rings (SSSR count). The number of rotatable bonds is 3. The van der Waals surface area contributed by atoms with Gasteiger partial charge in [-0.15, -0.1) is 0 Å². The highest BCUT2D eigenvalue weighted by Crippen LogP contribution is 2.34. The van der Waals surface area contributed by atoms with Gasteiger partial charge in [0.2, 0.25) is 0 Å². The van der Waals surface area contributed by atoms with Gasteiger partial charge in [-0.3, -0.25) is 0 Å². The van der Waals surface area contributed by atoms with Crippen molar-refractivity contribution in [2.45, 2.75) is 44.6 Å². The molecule has 0 bridgehead atoms. The van der Waals surface area contributed by atoms with Gasteiger partial charge in [0.15, 0.2) is 0 Å². The Hall–Kier alpha value is -0.820. The van der Waals surface area contributed by atoms with Crippen molar-refractivity contribution in [3.8, 4) is 0 Å². The summed E-state index contributed by atoms with van der Waals surface area (Å²) in [7, 11) is 0. The third kappa shape index (κ3) is 2.60. The number of benzene rings is 1. The summed E-state index contributed by atoms with van der Waals surface area (Å²) in [5.74, 6) is 0.847. The second kappa shape index (κ2) is 4.36. The van der Waals surface area contributed by atoms with Crippen molar-refractivity contribution in [2.24, 2.45) is 11.7 Å². The van der Waals surface area contributed by atoms with Crippen molar-refractivity contribution in [3.05, 3.63) is 35.9 Å². The number of hydrogen-bond donors (Lipinski definition) is 1. The molecule has 1 aromatic rings. The first-order chi connectivity index (χ1) is 7.18. The summed E-state index contributed by atoms with van der Waals surface area (Å²) < 4.78 is 0. The summed E-state index contributed by atoms with van der Waals surface area (Å²) in [4.78, 5) is 0. The molecule has 0 aromatic heterocycles. The predicted molar refractivity (Wildman–Crippen MR) is 64.6 cm³/mol. The average Bonchev–Trinajstić information content (AvgIpc) is 2.71. The topological polar surface area (TPSA) is 26.0 Å². The monoisotopic (exact) mass is 203 g/mol. The fourth-order valence-electron chi connectivity index (χ4n) is 2.75. The van der Waals surface area contributed by atoms with E-state index in [-0.39, 0.29) is 5.54 Å². The van der Waals surface area contributed by atoms with Gasteiger partial charge in [0.25, 0.3) is 0 Å². The lowest BCUT2D eigenvalue weighted by atomic mass is 9.83. The molecule has 0 radical (unpaired) electrons. The minimum absolute atomic E-state index is 0.143. The zero-order valence-electron chi connectivity index (χ0n) is 9.58. The first kappa shape index (κ1) is 10.7. The predicted octanol–water partition coefficient (Wildman–Crippen LogP) is 3.44. The van der Waals surface area contributed by atoms with Crippen LogP contribution in [0.3, 0.4) is 0 Å². The molecule has 2 N–H and O–H groups in total. The van der Waals surface area contributed by atoms with Crippen LogP contribution in [0, 0.1) is 5.92 Å². The third-order valence-corrected chi connectivity index (χ3v) is 3.62. The summed E-state index contributed by atoms with van der Waals surface area (Å²) in [6, 6.07) is 10.5. The van der Waals surface area contributed by atoms with Crippen LogP contribution < -0.4 is 5.73 Å². The average molecular weight is 203 g/mol. The van der Waals surface area contributed by atoms with Crippen molar-refractivity contribution in [1.29, 1.82) is 0 Å². The van der Waals surface area contributed by atoms with Gasteiger partial charge in [-0.2, -0.15) is 0 Å². The van der Waals surface area contributed by atoms with E-state index in [0.29, 0.717) is 0 Å². The Morgan fingerprint density at radius 1 is 1.20 bits per heavy atom. The molecule has 0 amide bonds. The van der Waals surface area contributed by atoms with Crippen molar-refractivity contribution in [3.63, 3.8) is 0 Å². The smallest absolute Gasteiger partial charge is 0.0383 e.